The van der Waals surface area contributed by atoms with E-state index in [9.17, 15) is 22.6 Å². The van der Waals surface area contributed by atoms with E-state index in [4.69, 9.17) is 0 Å². The highest BCUT2D eigenvalue weighted by Gasteiger charge is 2.67. The fraction of sp³-hybridized carbons (Fsp3) is 0.900. The minimum Gasteiger partial charge on any atom is -0.747 e. The third-order valence-electron chi connectivity index (χ3n) is 7.34. The summed E-state index contributed by atoms with van der Waals surface area (Å²) >= 11 is 0. The zero-order valence-electron chi connectivity index (χ0n) is 17.2. The molecule has 0 saturated heterocycles. The van der Waals surface area contributed by atoms with Gasteiger partial charge >= 0.3 is 0 Å². The normalized spacial score (nSPS) is 34.1. The van der Waals surface area contributed by atoms with Gasteiger partial charge < -0.3 is 4.55 Å². The topological polar surface area (TPSA) is 91.3 Å². The van der Waals surface area contributed by atoms with Crippen molar-refractivity contribution in [1.29, 1.82) is 0 Å². The van der Waals surface area contributed by atoms with E-state index in [-0.39, 0.29) is 17.1 Å². The van der Waals surface area contributed by atoms with Gasteiger partial charge in [-0.25, -0.2) is 8.42 Å². The van der Waals surface area contributed by atoms with Gasteiger partial charge in [0.2, 0.25) is 0 Å². The van der Waals surface area contributed by atoms with Crippen LogP contribution in [0.25, 0.3) is 0 Å². The molecule has 4 unspecified atom stereocenters. The Morgan fingerprint density at radius 2 is 1.70 bits per heavy atom. The molecule has 3 saturated carbocycles. The molecule has 0 amide bonds. The summed E-state index contributed by atoms with van der Waals surface area (Å²) in [7, 11) is -4.13. The minimum absolute atomic E-state index is 0.294. The van der Waals surface area contributed by atoms with E-state index < -0.39 is 20.8 Å². The van der Waals surface area contributed by atoms with Gasteiger partial charge in [0.15, 0.2) is 17.3 Å². The van der Waals surface area contributed by atoms with E-state index in [1.807, 2.05) is 13.8 Å². The van der Waals surface area contributed by atoms with Gasteiger partial charge in [0, 0.05) is 5.41 Å². The van der Waals surface area contributed by atoms with E-state index in [1.165, 1.54) is 32.1 Å². The first kappa shape index (κ1) is 22.9. The molecule has 2 bridgehead atoms. The van der Waals surface area contributed by atoms with Crippen molar-refractivity contribution in [3.8, 4) is 0 Å². The molecule has 27 heavy (non-hydrogen) atoms. The van der Waals surface area contributed by atoms with Crippen molar-refractivity contribution in [3.05, 3.63) is 0 Å². The van der Waals surface area contributed by atoms with Gasteiger partial charge in [0.1, 0.15) is 20.6 Å². The third kappa shape index (κ3) is 4.45. The highest BCUT2D eigenvalue weighted by Crippen LogP contribution is 2.64. The van der Waals surface area contributed by atoms with Gasteiger partial charge in [-0.15, -0.1) is 0 Å². The number of fused-ring (bicyclic) bond motifs is 2. The summed E-state index contributed by atoms with van der Waals surface area (Å²) in [6.45, 7) is 7.30. The lowest BCUT2D eigenvalue weighted by molar-refractivity contribution is -0.128. The molecule has 3 rings (SSSR count). The first-order chi connectivity index (χ1) is 12.3. The van der Waals surface area contributed by atoms with Crippen LogP contribution < -0.4 is 0 Å². The second-order valence-electron chi connectivity index (χ2n) is 9.27. The van der Waals surface area contributed by atoms with Crippen molar-refractivity contribution < 1.29 is 22.6 Å². The van der Waals surface area contributed by atoms with Crippen molar-refractivity contribution in [3.63, 3.8) is 0 Å². The van der Waals surface area contributed by atoms with Crippen LogP contribution in [-0.4, -0.2) is 47.0 Å². The zero-order chi connectivity index (χ0) is 20.6. The Morgan fingerprint density at radius 3 is 2.07 bits per heavy atom. The SMILES string of the molecule is CC(=O)C[S+](C)C1CCCCC1.CC12CCC(C(S(=O)(=O)[O-])C1=O)C2(C)C. The summed E-state index contributed by atoms with van der Waals surface area (Å²) in [6.07, 6.45) is 10.6. The molecular weight excluding hydrogens is 384 g/mol. The van der Waals surface area contributed by atoms with Crippen LogP contribution >= 0.6 is 0 Å². The van der Waals surface area contributed by atoms with E-state index in [0.29, 0.717) is 29.5 Å². The molecule has 0 N–H and O–H groups in total. The molecule has 3 fully saturated rings. The Hall–Kier alpha value is -0.400. The lowest BCUT2D eigenvalue weighted by atomic mass is 9.70. The predicted octanol–water partition coefficient (Wildman–Crippen LogP) is 3.08. The summed E-state index contributed by atoms with van der Waals surface area (Å²) in [4.78, 5) is 22.9. The first-order valence-corrected chi connectivity index (χ1v) is 13.3. The molecule has 7 heteroatoms. The molecule has 3 aliphatic rings. The maximum absolute atomic E-state index is 12.0. The van der Waals surface area contributed by atoms with E-state index >= 15 is 0 Å². The maximum Gasteiger partial charge on any atom is 0.178 e. The largest absolute Gasteiger partial charge is 0.747 e. The molecule has 0 aromatic rings. The van der Waals surface area contributed by atoms with Crippen LogP contribution in [0, 0.1) is 16.7 Å². The molecule has 3 aliphatic carbocycles. The average Bonchev–Trinajstić information content (AvgIpc) is 2.87. The number of carbonyl (C=O) groups excluding carboxylic acids is 2. The number of Topliss-reactive ketones (excluding diaryl/α,β-unsaturated/α-hetero) is 2. The van der Waals surface area contributed by atoms with Crippen molar-refractivity contribution in [2.75, 3.05) is 12.0 Å². The molecule has 0 aromatic heterocycles. The monoisotopic (exact) mass is 418 g/mol. The summed E-state index contributed by atoms with van der Waals surface area (Å²) in [5, 5.41) is -0.436. The number of hydrogen-bond donors (Lipinski definition) is 0. The molecular formula is C20H34O5S2. The van der Waals surface area contributed by atoms with E-state index in [1.54, 1.807) is 13.8 Å². The number of hydrogen-bond acceptors (Lipinski definition) is 5. The molecule has 0 aromatic carbocycles. The fourth-order valence-electron chi connectivity index (χ4n) is 5.24. The standard InChI is InChI=1S/C10H16O4S.C10H19OS/c1-9(2)6-4-5-10(9,3)8(11)7(6)15(12,13)14;1-9(11)8-12(2)10-6-4-3-5-7-10/h6-7H,4-5H2,1-3H3,(H,12,13,14);10H,3-8H2,1-2H3/q;+1/p-1. The smallest absolute Gasteiger partial charge is 0.178 e. The van der Waals surface area contributed by atoms with Crippen molar-refractivity contribution in [2.24, 2.45) is 16.7 Å². The van der Waals surface area contributed by atoms with Gasteiger partial charge in [-0.2, -0.15) is 0 Å². The molecule has 156 valence electrons. The quantitative estimate of drug-likeness (QED) is 0.517. The minimum atomic E-state index is -4.49. The second kappa shape index (κ2) is 8.15. The third-order valence-corrected chi connectivity index (χ3v) is 11.0. The Kier molecular flexibility index (Phi) is 6.91. The highest BCUT2D eigenvalue weighted by molar-refractivity contribution is 7.97. The summed E-state index contributed by atoms with van der Waals surface area (Å²) in [5.41, 5.74) is -0.994. The average molecular weight is 419 g/mol. The Bertz CT molecular complexity index is 678. The van der Waals surface area contributed by atoms with Crippen LogP contribution in [0.15, 0.2) is 0 Å². The predicted molar refractivity (Wildman–Crippen MR) is 109 cm³/mol. The van der Waals surface area contributed by atoms with Crippen LogP contribution in [0.1, 0.15) is 72.6 Å². The summed E-state index contributed by atoms with van der Waals surface area (Å²) in [5.74, 6) is 0.535. The molecule has 0 radical (unpaired) electrons. The Labute approximate surface area is 167 Å². The number of rotatable bonds is 4. The van der Waals surface area contributed by atoms with Crippen LogP contribution in [-0.2, 0) is 30.6 Å². The second-order valence-corrected chi connectivity index (χ2v) is 13.1. The Morgan fingerprint density at radius 1 is 1.15 bits per heavy atom. The Balaban J connectivity index is 0.000000199. The first-order valence-electron chi connectivity index (χ1n) is 9.92. The van der Waals surface area contributed by atoms with Crippen LogP contribution in [0.2, 0.25) is 0 Å². The van der Waals surface area contributed by atoms with Gasteiger partial charge in [-0.3, -0.25) is 9.59 Å². The van der Waals surface area contributed by atoms with Crippen molar-refractivity contribution in [1.82, 2.24) is 0 Å². The molecule has 5 nitrogen and oxygen atoms in total. The summed E-state index contributed by atoms with van der Waals surface area (Å²) in [6, 6.07) is 0. The molecule has 0 heterocycles. The molecule has 0 aliphatic heterocycles. The van der Waals surface area contributed by atoms with E-state index in [2.05, 4.69) is 6.26 Å². The van der Waals surface area contributed by atoms with Gasteiger partial charge in [-0.05, 0) is 67.7 Å². The molecule has 0 spiro atoms. The van der Waals surface area contributed by atoms with Crippen molar-refractivity contribution in [2.45, 2.75) is 83.1 Å². The fourth-order valence-corrected chi connectivity index (χ4v) is 8.66. The lowest BCUT2D eigenvalue weighted by Crippen LogP contribution is -2.38. The number of ketones is 2. The lowest BCUT2D eigenvalue weighted by Gasteiger charge is -2.32. The highest BCUT2D eigenvalue weighted by atomic mass is 32.2. The van der Waals surface area contributed by atoms with Crippen LogP contribution in [0.4, 0.5) is 0 Å². The van der Waals surface area contributed by atoms with Gasteiger partial charge in [0.05, 0.1) is 6.26 Å². The van der Waals surface area contributed by atoms with Crippen molar-refractivity contribution >= 4 is 32.6 Å². The van der Waals surface area contributed by atoms with Crippen LogP contribution in [0.3, 0.4) is 0 Å². The van der Waals surface area contributed by atoms with Crippen LogP contribution in [0.5, 0.6) is 0 Å². The maximum atomic E-state index is 12.0. The van der Waals surface area contributed by atoms with Gasteiger partial charge in [-0.1, -0.05) is 27.2 Å². The zero-order valence-corrected chi connectivity index (χ0v) is 18.9. The number of carbonyl (C=O) groups is 2. The van der Waals surface area contributed by atoms with Gasteiger partial charge in [0.25, 0.3) is 0 Å². The summed E-state index contributed by atoms with van der Waals surface area (Å²) < 4.78 is 33.3. The van der Waals surface area contributed by atoms with E-state index in [0.717, 1.165) is 11.0 Å². The molecule has 4 atom stereocenters.